The first-order valence-electron chi connectivity index (χ1n) is 9.22. The molecular formula is C18H25BN6O3. The number of nitrogens with one attached hydrogen (secondary N) is 1. The van der Waals surface area contributed by atoms with Gasteiger partial charge in [0.05, 0.1) is 18.4 Å². The number of nitrogens with zero attached hydrogens (tertiary/aromatic N) is 4. The number of carbonyl (C=O) groups is 1. The number of hydrogen-bond donors (Lipinski definition) is 4. The van der Waals surface area contributed by atoms with Gasteiger partial charge in [0, 0.05) is 6.42 Å². The van der Waals surface area contributed by atoms with Crippen LogP contribution in [0.1, 0.15) is 36.5 Å². The normalized spacial score (nSPS) is 11.6. The van der Waals surface area contributed by atoms with E-state index in [1.165, 1.54) is 4.68 Å². The Balaban J connectivity index is 2.08. The Labute approximate surface area is 164 Å². The Morgan fingerprint density at radius 3 is 2.71 bits per heavy atom. The molecular weight excluding hydrogens is 359 g/mol. The van der Waals surface area contributed by atoms with Crippen molar-refractivity contribution in [2.75, 3.05) is 6.54 Å². The van der Waals surface area contributed by atoms with Gasteiger partial charge in [0.2, 0.25) is 5.91 Å². The van der Waals surface area contributed by atoms with E-state index in [1.807, 2.05) is 36.4 Å². The standard InChI is InChI=1S/C18H25BN6O3/c20-10-5-4-8-15(19(27)28)22-18(26)13-25-17(23-16(24-25)9-11-21)12-14-6-2-1-3-7-14/h1-3,6-7,15,27-28H,4-5,8-10,12-13,20H2,(H,22,26)/t15-/m0/s1. The zero-order chi connectivity index (χ0) is 20.4. The van der Waals surface area contributed by atoms with E-state index in [1.54, 1.807) is 0 Å². The van der Waals surface area contributed by atoms with E-state index < -0.39 is 19.0 Å². The van der Waals surface area contributed by atoms with Gasteiger partial charge in [-0.25, -0.2) is 9.67 Å². The molecule has 1 amide bonds. The van der Waals surface area contributed by atoms with Gasteiger partial charge in [0.15, 0.2) is 5.82 Å². The van der Waals surface area contributed by atoms with E-state index in [-0.39, 0.29) is 13.0 Å². The molecule has 10 heteroatoms. The first kappa shape index (κ1) is 21.6. The van der Waals surface area contributed by atoms with Crippen LogP contribution in [0.15, 0.2) is 30.3 Å². The van der Waals surface area contributed by atoms with Crippen molar-refractivity contribution in [3.05, 3.63) is 47.5 Å². The highest BCUT2D eigenvalue weighted by molar-refractivity contribution is 6.43. The van der Waals surface area contributed by atoms with E-state index in [0.717, 1.165) is 12.0 Å². The van der Waals surface area contributed by atoms with Crippen molar-refractivity contribution in [3.8, 4) is 6.07 Å². The molecule has 1 aromatic carbocycles. The van der Waals surface area contributed by atoms with Crippen LogP contribution in [0.3, 0.4) is 0 Å². The molecule has 1 heterocycles. The van der Waals surface area contributed by atoms with E-state index in [9.17, 15) is 14.8 Å². The molecule has 9 nitrogen and oxygen atoms in total. The van der Waals surface area contributed by atoms with Crippen molar-refractivity contribution in [1.82, 2.24) is 20.1 Å². The van der Waals surface area contributed by atoms with Gasteiger partial charge in [-0.15, -0.1) is 0 Å². The minimum Gasteiger partial charge on any atom is -0.426 e. The lowest BCUT2D eigenvalue weighted by Crippen LogP contribution is -2.47. The van der Waals surface area contributed by atoms with Crippen LogP contribution in [0.5, 0.6) is 0 Å². The highest BCUT2D eigenvalue weighted by Gasteiger charge is 2.25. The molecule has 5 N–H and O–H groups in total. The van der Waals surface area contributed by atoms with Crippen LogP contribution in [0.25, 0.3) is 0 Å². The molecule has 0 radical (unpaired) electrons. The minimum absolute atomic E-state index is 0.0491. The van der Waals surface area contributed by atoms with Gasteiger partial charge in [-0.05, 0) is 24.9 Å². The van der Waals surface area contributed by atoms with E-state index in [2.05, 4.69) is 15.4 Å². The Hall–Kier alpha value is -2.74. The molecule has 0 aliphatic carbocycles. The third-order valence-electron chi connectivity index (χ3n) is 4.20. The van der Waals surface area contributed by atoms with Gasteiger partial charge in [-0.1, -0.05) is 36.8 Å². The topological polar surface area (TPSA) is 150 Å². The number of nitriles is 1. The van der Waals surface area contributed by atoms with Gasteiger partial charge in [-0.3, -0.25) is 4.79 Å². The molecule has 0 spiro atoms. The molecule has 0 unspecified atom stereocenters. The van der Waals surface area contributed by atoms with Crippen LogP contribution >= 0.6 is 0 Å². The molecule has 1 aromatic heterocycles. The largest absolute Gasteiger partial charge is 0.475 e. The second-order valence-electron chi connectivity index (χ2n) is 6.47. The minimum atomic E-state index is -1.66. The fourth-order valence-corrected chi connectivity index (χ4v) is 2.80. The number of aromatic nitrogens is 3. The molecule has 0 saturated carbocycles. The molecule has 28 heavy (non-hydrogen) atoms. The van der Waals surface area contributed by atoms with Crippen molar-refractivity contribution in [1.29, 1.82) is 5.26 Å². The van der Waals surface area contributed by atoms with Crippen LogP contribution in [0.4, 0.5) is 0 Å². The lowest BCUT2D eigenvalue weighted by atomic mass is 9.76. The number of hydrogen-bond acceptors (Lipinski definition) is 7. The van der Waals surface area contributed by atoms with Gasteiger partial charge < -0.3 is 21.1 Å². The number of rotatable bonds is 11. The summed E-state index contributed by atoms with van der Waals surface area (Å²) < 4.78 is 1.45. The molecule has 0 bridgehead atoms. The lowest BCUT2D eigenvalue weighted by molar-refractivity contribution is -0.122. The van der Waals surface area contributed by atoms with Crippen LogP contribution in [-0.4, -0.2) is 50.3 Å². The summed E-state index contributed by atoms with van der Waals surface area (Å²) in [6.07, 6.45) is 2.34. The molecule has 0 fully saturated rings. The van der Waals surface area contributed by atoms with Crippen molar-refractivity contribution in [2.24, 2.45) is 5.73 Å². The number of carbonyl (C=O) groups excluding carboxylic acids is 1. The Morgan fingerprint density at radius 2 is 2.07 bits per heavy atom. The molecule has 1 atom stereocenters. The zero-order valence-electron chi connectivity index (χ0n) is 15.7. The Kier molecular flexibility index (Phi) is 8.61. The summed E-state index contributed by atoms with van der Waals surface area (Å²) in [6, 6.07) is 11.6. The fraction of sp³-hybridized carbons (Fsp3) is 0.444. The van der Waals surface area contributed by atoms with Crippen molar-refractivity contribution >= 4 is 13.0 Å². The molecule has 2 aromatic rings. The molecule has 0 aliphatic rings. The van der Waals surface area contributed by atoms with Crippen LogP contribution in [0, 0.1) is 11.3 Å². The summed E-state index contributed by atoms with van der Waals surface area (Å²) in [5.41, 5.74) is 6.45. The average molecular weight is 384 g/mol. The summed E-state index contributed by atoms with van der Waals surface area (Å²) in [7, 11) is -1.66. The first-order chi connectivity index (χ1) is 13.5. The first-order valence-corrected chi connectivity index (χ1v) is 9.22. The molecule has 2 rings (SSSR count). The average Bonchev–Trinajstić information content (AvgIpc) is 3.03. The highest BCUT2D eigenvalue weighted by atomic mass is 16.4. The summed E-state index contributed by atoms with van der Waals surface area (Å²) in [4.78, 5) is 16.8. The maximum Gasteiger partial charge on any atom is 0.475 e. The third-order valence-corrected chi connectivity index (χ3v) is 4.20. The van der Waals surface area contributed by atoms with Gasteiger partial charge in [0.1, 0.15) is 12.4 Å². The summed E-state index contributed by atoms with van der Waals surface area (Å²) >= 11 is 0. The van der Waals surface area contributed by atoms with Crippen molar-refractivity contribution in [2.45, 2.75) is 44.6 Å². The summed E-state index contributed by atoms with van der Waals surface area (Å²) in [5.74, 6) is -0.272. The van der Waals surface area contributed by atoms with E-state index in [0.29, 0.717) is 37.5 Å². The molecule has 0 saturated heterocycles. The van der Waals surface area contributed by atoms with E-state index in [4.69, 9.17) is 11.0 Å². The van der Waals surface area contributed by atoms with Crippen LogP contribution < -0.4 is 11.1 Å². The monoisotopic (exact) mass is 384 g/mol. The number of amides is 1. The maximum atomic E-state index is 12.4. The van der Waals surface area contributed by atoms with Crippen LogP contribution in [0.2, 0.25) is 0 Å². The quantitative estimate of drug-likeness (QED) is 0.303. The SMILES string of the molecule is N#CCc1nc(Cc2ccccc2)n(CC(=O)N[C@@H](CCCCN)B(O)O)n1. The predicted molar refractivity (Wildman–Crippen MR) is 104 cm³/mol. The summed E-state index contributed by atoms with van der Waals surface area (Å²) in [5, 5.41) is 34.7. The smallest absolute Gasteiger partial charge is 0.426 e. The maximum absolute atomic E-state index is 12.4. The Bertz CT molecular complexity index is 790. The van der Waals surface area contributed by atoms with Crippen molar-refractivity contribution < 1.29 is 14.8 Å². The second-order valence-corrected chi connectivity index (χ2v) is 6.47. The van der Waals surface area contributed by atoms with Crippen LogP contribution in [-0.2, 0) is 24.2 Å². The number of nitrogens with two attached hydrogens (primary N) is 1. The zero-order valence-corrected chi connectivity index (χ0v) is 15.7. The summed E-state index contributed by atoms with van der Waals surface area (Å²) in [6.45, 7) is 0.381. The second kappa shape index (κ2) is 11.2. The van der Waals surface area contributed by atoms with Crippen molar-refractivity contribution in [3.63, 3.8) is 0 Å². The predicted octanol–water partition coefficient (Wildman–Crippen LogP) is -0.439. The number of benzene rings is 1. The molecule has 0 aliphatic heterocycles. The third kappa shape index (κ3) is 6.77. The van der Waals surface area contributed by atoms with Gasteiger partial charge in [-0.2, -0.15) is 10.4 Å². The highest BCUT2D eigenvalue weighted by Crippen LogP contribution is 2.09. The Morgan fingerprint density at radius 1 is 1.32 bits per heavy atom. The van der Waals surface area contributed by atoms with E-state index >= 15 is 0 Å². The van der Waals surface area contributed by atoms with Gasteiger partial charge in [0.25, 0.3) is 0 Å². The number of unbranched alkanes of at least 4 members (excludes halogenated alkanes) is 1. The fourth-order valence-electron chi connectivity index (χ4n) is 2.80. The molecule has 148 valence electrons. The van der Waals surface area contributed by atoms with Gasteiger partial charge >= 0.3 is 7.12 Å². The lowest BCUT2D eigenvalue weighted by Gasteiger charge is -2.18.